The number of ether oxygens (including phenoxy) is 2. The lowest BCUT2D eigenvalue weighted by Crippen LogP contribution is -2.05. The van der Waals surface area contributed by atoms with Crippen LogP contribution in [0.2, 0.25) is 5.15 Å². The molecule has 0 aliphatic rings. The van der Waals surface area contributed by atoms with Crippen LogP contribution in [-0.2, 0) is 11.3 Å². The van der Waals surface area contributed by atoms with Gasteiger partial charge in [0, 0.05) is 12.7 Å². The maximum absolute atomic E-state index is 12.1. The van der Waals surface area contributed by atoms with E-state index in [1.54, 1.807) is 10.6 Å². The quantitative estimate of drug-likeness (QED) is 0.170. The number of fused-ring (bicyclic) bond motifs is 2. The summed E-state index contributed by atoms with van der Waals surface area (Å²) in [4.78, 5) is 21.0. The first-order valence-corrected chi connectivity index (χ1v) is 12.0. The number of esters is 1. The van der Waals surface area contributed by atoms with Crippen LogP contribution in [0.5, 0.6) is 5.88 Å². The van der Waals surface area contributed by atoms with Crippen LogP contribution in [-0.4, -0.2) is 43.8 Å². The highest BCUT2D eigenvalue weighted by Gasteiger charge is 2.20. The molecule has 0 aliphatic heterocycles. The van der Waals surface area contributed by atoms with Crippen LogP contribution >= 0.6 is 11.6 Å². The molecule has 0 spiro atoms. The van der Waals surface area contributed by atoms with Crippen LogP contribution in [0.3, 0.4) is 0 Å². The van der Waals surface area contributed by atoms with Crippen LogP contribution in [0.15, 0.2) is 60.8 Å². The number of carbonyl (C=O) groups excluding carboxylic acids is 1. The van der Waals surface area contributed by atoms with Gasteiger partial charge in [-0.15, -0.1) is 5.10 Å². The van der Waals surface area contributed by atoms with E-state index in [0.717, 1.165) is 42.4 Å². The van der Waals surface area contributed by atoms with Crippen molar-refractivity contribution < 1.29 is 14.3 Å². The molecule has 0 amide bonds. The number of para-hydroxylation sites is 2. The minimum absolute atomic E-state index is 0.181. The number of pyridine rings is 2. The molecule has 0 radical (unpaired) electrons. The number of methoxy groups -OCH3 is 1. The van der Waals surface area contributed by atoms with E-state index in [2.05, 4.69) is 15.1 Å². The molecule has 0 saturated heterocycles. The first-order chi connectivity index (χ1) is 17.5. The van der Waals surface area contributed by atoms with Gasteiger partial charge < -0.3 is 19.8 Å². The zero-order valence-corrected chi connectivity index (χ0v) is 20.5. The predicted molar refractivity (Wildman–Crippen MR) is 138 cm³/mol. The average Bonchev–Trinajstić information content (AvgIpc) is 3.41. The van der Waals surface area contributed by atoms with Gasteiger partial charge in [-0.05, 0) is 55.7 Å². The minimum atomic E-state index is -0.495. The first-order valence-electron chi connectivity index (χ1n) is 11.6. The number of unbranched alkanes of at least 4 members (excludes halogenated alkanes) is 2. The van der Waals surface area contributed by atoms with Gasteiger partial charge in [0.2, 0.25) is 11.8 Å². The van der Waals surface area contributed by atoms with E-state index >= 15 is 0 Å². The highest BCUT2D eigenvalue weighted by molar-refractivity contribution is 6.30. The Morgan fingerprint density at radius 2 is 1.83 bits per heavy atom. The number of hydrogen-bond donors (Lipinski definition) is 1. The standard InChI is InChI=1S/C26H25ClN6O3/c1-35-25(34)17-15-19(29-22(27)16-17)23-21-11-5-7-13-33(21)31-24(23)36-14-8-2-6-12-32-20-10-4-3-9-18(20)30-26(32)28/h3-5,7,9-11,13,15-16H,2,6,8,12,14H2,1H3,(H2,28,30). The molecule has 9 nitrogen and oxygen atoms in total. The highest BCUT2D eigenvalue weighted by Crippen LogP contribution is 2.34. The monoisotopic (exact) mass is 504 g/mol. The van der Waals surface area contributed by atoms with Crippen LogP contribution in [0.25, 0.3) is 27.8 Å². The molecule has 0 aliphatic carbocycles. The molecule has 5 aromatic rings. The number of nitrogen functional groups attached to an aromatic ring is 1. The van der Waals surface area contributed by atoms with Gasteiger partial charge in [0.05, 0.1) is 47.1 Å². The molecule has 4 aromatic heterocycles. The minimum Gasteiger partial charge on any atom is -0.476 e. The Bertz CT molecular complexity index is 1540. The van der Waals surface area contributed by atoms with Gasteiger partial charge >= 0.3 is 5.97 Å². The Hall–Kier alpha value is -4.11. The van der Waals surface area contributed by atoms with Crippen molar-refractivity contribution in [2.75, 3.05) is 19.5 Å². The first kappa shape index (κ1) is 23.6. The smallest absolute Gasteiger partial charge is 0.338 e. The number of nitrogens with zero attached hydrogens (tertiary/aromatic N) is 5. The van der Waals surface area contributed by atoms with Gasteiger partial charge in [-0.25, -0.2) is 19.3 Å². The predicted octanol–water partition coefficient (Wildman–Crippen LogP) is 5.02. The summed E-state index contributed by atoms with van der Waals surface area (Å²) in [6, 6.07) is 16.7. The summed E-state index contributed by atoms with van der Waals surface area (Å²) in [5.74, 6) is 0.463. The summed E-state index contributed by atoms with van der Waals surface area (Å²) in [5, 5.41) is 4.76. The number of aromatic nitrogens is 5. The van der Waals surface area contributed by atoms with E-state index < -0.39 is 5.97 Å². The fraction of sp³-hybridized carbons (Fsp3) is 0.231. The van der Waals surface area contributed by atoms with Gasteiger partial charge in [0.25, 0.3) is 0 Å². The second-order valence-electron chi connectivity index (χ2n) is 8.29. The number of nitrogens with two attached hydrogens (primary N) is 1. The van der Waals surface area contributed by atoms with Gasteiger partial charge in [-0.3, -0.25) is 0 Å². The Morgan fingerprint density at radius 3 is 2.69 bits per heavy atom. The van der Waals surface area contributed by atoms with E-state index in [4.69, 9.17) is 26.8 Å². The lowest BCUT2D eigenvalue weighted by atomic mass is 10.1. The third-order valence-electron chi connectivity index (χ3n) is 5.93. The molecule has 2 N–H and O–H groups in total. The summed E-state index contributed by atoms with van der Waals surface area (Å²) in [5.41, 5.74) is 10.3. The maximum atomic E-state index is 12.1. The third-order valence-corrected chi connectivity index (χ3v) is 6.12. The van der Waals surface area contributed by atoms with Crippen LogP contribution < -0.4 is 10.5 Å². The van der Waals surface area contributed by atoms with Crippen molar-refractivity contribution in [1.82, 2.24) is 24.1 Å². The van der Waals surface area contributed by atoms with Crippen molar-refractivity contribution >= 4 is 40.1 Å². The van der Waals surface area contributed by atoms with Crippen LogP contribution in [0.4, 0.5) is 5.95 Å². The van der Waals surface area contributed by atoms with Crippen molar-refractivity contribution in [3.05, 3.63) is 71.5 Å². The van der Waals surface area contributed by atoms with Crippen molar-refractivity contribution in [3.8, 4) is 17.1 Å². The number of imidazole rings is 1. The van der Waals surface area contributed by atoms with Crippen molar-refractivity contribution in [2.45, 2.75) is 25.8 Å². The van der Waals surface area contributed by atoms with Crippen LogP contribution in [0.1, 0.15) is 29.6 Å². The zero-order valence-electron chi connectivity index (χ0n) is 19.7. The number of aryl methyl sites for hydroxylation is 1. The Morgan fingerprint density at radius 1 is 1.03 bits per heavy atom. The van der Waals surface area contributed by atoms with E-state index in [1.165, 1.54) is 13.2 Å². The SMILES string of the molecule is COC(=O)c1cc(Cl)nc(-c2c(OCCCCCn3c(N)nc4ccccc43)nn3ccccc23)c1. The topological polar surface area (TPSA) is 110 Å². The number of anilines is 1. The third kappa shape index (κ3) is 4.70. The molecule has 0 bridgehead atoms. The summed E-state index contributed by atoms with van der Waals surface area (Å²) < 4.78 is 14.7. The van der Waals surface area contributed by atoms with Gasteiger partial charge in [-0.1, -0.05) is 29.8 Å². The number of hydrogen-bond acceptors (Lipinski definition) is 7. The fourth-order valence-corrected chi connectivity index (χ4v) is 4.43. The second kappa shape index (κ2) is 10.2. The van der Waals surface area contributed by atoms with Gasteiger partial charge in [-0.2, -0.15) is 0 Å². The Balaban J connectivity index is 1.28. The summed E-state index contributed by atoms with van der Waals surface area (Å²) >= 11 is 6.22. The molecule has 10 heteroatoms. The zero-order chi connectivity index (χ0) is 25.1. The number of rotatable bonds is 9. The molecular formula is C26H25ClN6O3. The van der Waals surface area contributed by atoms with E-state index in [-0.39, 0.29) is 5.15 Å². The molecule has 0 unspecified atom stereocenters. The van der Waals surface area contributed by atoms with Crippen molar-refractivity contribution in [3.63, 3.8) is 0 Å². The molecule has 0 atom stereocenters. The second-order valence-corrected chi connectivity index (χ2v) is 8.67. The van der Waals surface area contributed by atoms with E-state index in [1.807, 2.05) is 53.2 Å². The molecular weight excluding hydrogens is 480 g/mol. The summed E-state index contributed by atoms with van der Waals surface area (Å²) in [6.45, 7) is 1.26. The number of halogens is 1. The van der Waals surface area contributed by atoms with E-state index in [9.17, 15) is 4.79 Å². The van der Waals surface area contributed by atoms with Gasteiger partial charge in [0.1, 0.15) is 5.15 Å². The Kier molecular flexibility index (Phi) is 6.73. The summed E-state index contributed by atoms with van der Waals surface area (Å²) in [6.07, 6.45) is 4.54. The lowest BCUT2D eigenvalue weighted by molar-refractivity contribution is 0.0600. The van der Waals surface area contributed by atoms with Crippen molar-refractivity contribution in [2.24, 2.45) is 0 Å². The molecule has 5 rings (SSSR count). The number of benzene rings is 1. The van der Waals surface area contributed by atoms with Crippen LogP contribution in [0, 0.1) is 0 Å². The Labute approximate surface area is 212 Å². The lowest BCUT2D eigenvalue weighted by Gasteiger charge is -2.09. The molecule has 0 saturated carbocycles. The molecule has 0 fully saturated rings. The fourth-order valence-electron chi connectivity index (χ4n) is 4.23. The van der Waals surface area contributed by atoms with Crippen molar-refractivity contribution in [1.29, 1.82) is 0 Å². The largest absolute Gasteiger partial charge is 0.476 e. The molecule has 36 heavy (non-hydrogen) atoms. The molecule has 4 heterocycles. The van der Waals surface area contributed by atoms with E-state index in [0.29, 0.717) is 35.3 Å². The highest BCUT2D eigenvalue weighted by atomic mass is 35.5. The maximum Gasteiger partial charge on any atom is 0.338 e. The van der Waals surface area contributed by atoms with Gasteiger partial charge in [0.15, 0.2) is 0 Å². The molecule has 1 aromatic carbocycles. The number of carbonyl (C=O) groups is 1. The average molecular weight is 505 g/mol. The molecule has 184 valence electrons. The summed E-state index contributed by atoms with van der Waals surface area (Å²) in [7, 11) is 1.32. The normalized spacial score (nSPS) is 11.3.